The maximum atomic E-state index is 13.9. The number of benzene rings is 2. The molecule has 1 aliphatic heterocycles. The minimum atomic E-state index is -0.628. The van der Waals surface area contributed by atoms with E-state index in [0.29, 0.717) is 50.4 Å². The van der Waals surface area contributed by atoms with E-state index in [9.17, 15) is 19.3 Å². The summed E-state index contributed by atoms with van der Waals surface area (Å²) in [4.78, 5) is 27.0. The first-order chi connectivity index (χ1) is 15.4. The van der Waals surface area contributed by atoms with Crippen LogP contribution in [0.5, 0.6) is 0 Å². The van der Waals surface area contributed by atoms with Crippen molar-refractivity contribution < 1.29 is 14.1 Å². The summed E-state index contributed by atoms with van der Waals surface area (Å²) in [6.07, 6.45) is 1.40. The Kier molecular flexibility index (Phi) is 6.48. The maximum Gasteiger partial charge on any atom is 0.408 e. The highest BCUT2D eigenvalue weighted by molar-refractivity contribution is 6.32. The van der Waals surface area contributed by atoms with E-state index in [1.54, 1.807) is 41.3 Å². The summed E-state index contributed by atoms with van der Waals surface area (Å²) in [5.41, 5.74) is 2.07. The summed E-state index contributed by atoms with van der Waals surface area (Å²) >= 11 is 5.83. The van der Waals surface area contributed by atoms with Gasteiger partial charge in [0.2, 0.25) is 0 Å². The van der Waals surface area contributed by atoms with Gasteiger partial charge in [-0.1, -0.05) is 41.9 Å². The minimum absolute atomic E-state index is 0.0176. The molecule has 166 valence electrons. The average Bonchev–Trinajstić information content (AvgIpc) is 3.16. The lowest BCUT2D eigenvalue weighted by molar-refractivity contribution is -0.389. The van der Waals surface area contributed by atoms with Crippen LogP contribution in [0.15, 0.2) is 54.7 Å². The quantitative estimate of drug-likeness (QED) is 0.417. The van der Waals surface area contributed by atoms with Crippen LogP contribution in [-0.4, -0.2) is 56.6 Å². The fraction of sp³-hybridized carbons (Fsp3) is 0.273. The number of aromatic nitrogens is 2. The molecule has 0 aliphatic carbocycles. The van der Waals surface area contributed by atoms with Crippen molar-refractivity contribution in [3.8, 4) is 0 Å². The number of hydrogen-bond donors (Lipinski definition) is 0. The third-order valence-electron chi connectivity index (χ3n) is 5.43. The van der Waals surface area contributed by atoms with Crippen LogP contribution in [0.25, 0.3) is 0 Å². The summed E-state index contributed by atoms with van der Waals surface area (Å²) < 4.78 is 15.3. The Morgan fingerprint density at radius 2 is 1.75 bits per heavy atom. The average molecular weight is 458 g/mol. The number of carbonyl (C=O) groups is 1. The molecule has 32 heavy (non-hydrogen) atoms. The largest absolute Gasteiger partial charge is 0.408 e. The van der Waals surface area contributed by atoms with Crippen LogP contribution in [0.4, 0.5) is 10.2 Å². The van der Waals surface area contributed by atoms with Gasteiger partial charge in [-0.05, 0) is 28.7 Å². The molecule has 10 heteroatoms. The predicted octanol–water partition coefficient (Wildman–Crippen LogP) is 3.59. The van der Waals surface area contributed by atoms with Crippen LogP contribution < -0.4 is 0 Å². The van der Waals surface area contributed by atoms with Gasteiger partial charge in [0, 0.05) is 43.9 Å². The molecule has 1 amide bonds. The Labute approximate surface area is 189 Å². The maximum absolute atomic E-state index is 13.9. The lowest BCUT2D eigenvalue weighted by Gasteiger charge is -2.34. The second-order valence-electron chi connectivity index (χ2n) is 7.61. The monoisotopic (exact) mass is 457 g/mol. The molecule has 1 aromatic heterocycles. The molecule has 4 rings (SSSR count). The Bertz CT molecular complexity index is 1130. The fourth-order valence-corrected chi connectivity index (χ4v) is 3.91. The second-order valence-corrected chi connectivity index (χ2v) is 8.02. The van der Waals surface area contributed by atoms with E-state index in [2.05, 4.69) is 10.00 Å². The molecular weight excluding hydrogens is 437 g/mol. The molecule has 0 atom stereocenters. The molecule has 2 heterocycles. The van der Waals surface area contributed by atoms with Crippen LogP contribution >= 0.6 is 11.6 Å². The summed E-state index contributed by atoms with van der Waals surface area (Å²) in [5.74, 6) is -0.648. The van der Waals surface area contributed by atoms with Crippen LogP contribution in [0, 0.1) is 15.9 Å². The van der Waals surface area contributed by atoms with Gasteiger partial charge in [-0.2, -0.15) is 4.68 Å². The number of piperazine rings is 1. The summed E-state index contributed by atoms with van der Waals surface area (Å²) in [6, 6.07) is 13.8. The molecule has 3 aromatic rings. The fourth-order valence-electron chi connectivity index (χ4n) is 3.69. The predicted molar refractivity (Wildman–Crippen MR) is 117 cm³/mol. The molecule has 0 saturated carbocycles. The number of amides is 1. The molecule has 0 unspecified atom stereocenters. The van der Waals surface area contributed by atoms with Crippen LogP contribution in [-0.2, 0) is 13.1 Å². The molecule has 2 aromatic carbocycles. The van der Waals surface area contributed by atoms with Crippen molar-refractivity contribution in [1.29, 1.82) is 0 Å². The molecule has 8 nitrogen and oxygen atoms in total. The number of nitro groups is 1. The van der Waals surface area contributed by atoms with Crippen LogP contribution in [0.2, 0.25) is 5.02 Å². The number of nitrogens with zero attached hydrogens (tertiary/aromatic N) is 5. The van der Waals surface area contributed by atoms with Gasteiger partial charge in [0.15, 0.2) is 5.02 Å². The third-order valence-corrected chi connectivity index (χ3v) is 5.70. The lowest BCUT2D eigenvalue weighted by atomic mass is 10.1. The highest BCUT2D eigenvalue weighted by atomic mass is 35.5. The molecule has 0 radical (unpaired) electrons. The number of halogens is 2. The molecule has 0 bridgehead atoms. The van der Waals surface area contributed by atoms with E-state index in [1.165, 1.54) is 16.9 Å². The van der Waals surface area contributed by atoms with Gasteiger partial charge in [-0.25, -0.2) is 4.39 Å². The molecule has 0 N–H and O–H groups in total. The lowest BCUT2D eigenvalue weighted by Crippen LogP contribution is -2.48. The third kappa shape index (κ3) is 4.95. The van der Waals surface area contributed by atoms with Crippen molar-refractivity contribution in [3.05, 3.63) is 92.4 Å². The van der Waals surface area contributed by atoms with Gasteiger partial charge >= 0.3 is 5.82 Å². The van der Waals surface area contributed by atoms with E-state index in [1.807, 2.05) is 6.07 Å². The molecule has 1 saturated heterocycles. The zero-order chi connectivity index (χ0) is 22.7. The molecule has 1 aliphatic rings. The van der Waals surface area contributed by atoms with Crippen molar-refractivity contribution in [2.24, 2.45) is 0 Å². The van der Waals surface area contributed by atoms with Crippen molar-refractivity contribution in [3.63, 3.8) is 0 Å². The van der Waals surface area contributed by atoms with E-state index in [4.69, 9.17) is 11.6 Å². The Morgan fingerprint density at radius 3 is 2.38 bits per heavy atom. The van der Waals surface area contributed by atoms with E-state index < -0.39 is 4.92 Å². The first kappa shape index (κ1) is 21.9. The summed E-state index contributed by atoms with van der Waals surface area (Å²) in [5, 5.41) is 14.7. The number of rotatable bonds is 6. The van der Waals surface area contributed by atoms with Gasteiger partial charge in [-0.15, -0.1) is 0 Å². The van der Waals surface area contributed by atoms with Gasteiger partial charge < -0.3 is 15.0 Å². The number of carbonyl (C=O) groups excluding carboxylic acids is 1. The summed E-state index contributed by atoms with van der Waals surface area (Å²) in [6.45, 7) is 3.33. The van der Waals surface area contributed by atoms with Gasteiger partial charge in [0.25, 0.3) is 5.91 Å². The standard InChI is InChI=1S/C22H21ClFN5O3/c23-19-15-28(25-21(19)29(31)32)13-16-5-7-17(8-6-16)22(30)27-11-9-26(10-12-27)14-18-3-1-2-4-20(18)24/h1-8,15H,9-14H2. The molecule has 0 spiro atoms. The summed E-state index contributed by atoms with van der Waals surface area (Å²) in [7, 11) is 0. The smallest absolute Gasteiger partial charge is 0.358 e. The molecule has 1 fully saturated rings. The van der Waals surface area contributed by atoms with Crippen molar-refractivity contribution in [2.75, 3.05) is 26.2 Å². The molecular formula is C22H21ClFN5O3. The topological polar surface area (TPSA) is 84.5 Å². The highest BCUT2D eigenvalue weighted by Crippen LogP contribution is 2.22. The Morgan fingerprint density at radius 1 is 1.06 bits per heavy atom. The van der Waals surface area contributed by atoms with Gasteiger partial charge in [0.1, 0.15) is 5.82 Å². The zero-order valence-corrected chi connectivity index (χ0v) is 17.9. The van der Waals surface area contributed by atoms with E-state index >= 15 is 0 Å². The van der Waals surface area contributed by atoms with Gasteiger partial charge in [-0.3, -0.25) is 9.69 Å². The van der Waals surface area contributed by atoms with Crippen LogP contribution in [0.3, 0.4) is 0 Å². The van der Waals surface area contributed by atoms with Crippen molar-refractivity contribution in [1.82, 2.24) is 19.6 Å². The minimum Gasteiger partial charge on any atom is -0.358 e. The SMILES string of the molecule is O=C(c1ccc(Cn2cc(Cl)c([N+](=O)[O-])n2)cc1)N1CCN(Cc2ccccc2F)CC1. The Balaban J connectivity index is 1.33. The van der Waals surface area contributed by atoms with Crippen molar-refractivity contribution >= 4 is 23.3 Å². The second kappa shape index (κ2) is 9.46. The first-order valence-electron chi connectivity index (χ1n) is 10.1. The van der Waals surface area contributed by atoms with E-state index in [0.717, 1.165) is 5.56 Å². The zero-order valence-electron chi connectivity index (χ0n) is 17.2. The van der Waals surface area contributed by atoms with Crippen molar-refractivity contribution in [2.45, 2.75) is 13.1 Å². The van der Waals surface area contributed by atoms with E-state index in [-0.39, 0.29) is 22.6 Å². The normalized spacial score (nSPS) is 14.5. The van der Waals surface area contributed by atoms with Crippen LogP contribution in [0.1, 0.15) is 21.5 Å². The van der Waals surface area contributed by atoms with Gasteiger partial charge in [0.05, 0.1) is 17.8 Å². The number of hydrogen-bond acceptors (Lipinski definition) is 5. The highest BCUT2D eigenvalue weighted by Gasteiger charge is 2.23. The first-order valence-corrected chi connectivity index (χ1v) is 10.5. The Hall–Kier alpha value is -3.30.